The largest absolute Gasteiger partial charge is 0.480 e. The molecular formula is C14H25N3O4. The van der Waals surface area contributed by atoms with Crippen LogP contribution in [0, 0.1) is 5.41 Å². The first-order chi connectivity index (χ1) is 9.91. The van der Waals surface area contributed by atoms with E-state index in [9.17, 15) is 14.4 Å². The number of hydrogen-bond donors (Lipinski definition) is 4. The Morgan fingerprint density at radius 2 is 2.14 bits per heavy atom. The van der Waals surface area contributed by atoms with Crippen LogP contribution in [0.5, 0.6) is 0 Å². The van der Waals surface area contributed by atoms with Crippen molar-refractivity contribution in [1.82, 2.24) is 10.6 Å². The number of aliphatic carboxylic acids is 1. The first kappa shape index (κ1) is 17.4. The number of carboxylic acids is 1. The van der Waals surface area contributed by atoms with E-state index in [2.05, 4.69) is 10.6 Å². The number of amides is 2. The van der Waals surface area contributed by atoms with Gasteiger partial charge in [0.15, 0.2) is 0 Å². The number of hydrogen-bond acceptors (Lipinski definition) is 4. The van der Waals surface area contributed by atoms with Gasteiger partial charge in [0.2, 0.25) is 11.8 Å². The van der Waals surface area contributed by atoms with Crippen LogP contribution in [0.3, 0.4) is 0 Å². The highest BCUT2D eigenvalue weighted by molar-refractivity contribution is 5.88. The number of primary amides is 1. The molecule has 0 aromatic rings. The molecule has 1 aliphatic heterocycles. The molecule has 0 aromatic heterocycles. The standard InChI is InChI=1S/C14H25N3O4/c1-2-6-14(7-3-8-16-9-14)13(21)17-10(12(19)20)4-5-11(15)18/h10,16H,2-9H2,1H3,(H2,15,18)(H,17,21)(H,19,20)/t10-,14?/m0/s1. The topological polar surface area (TPSA) is 122 Å². The van der Waals surface area contributed by atoms with Crippen molar-refractivity contribution in [3.8, 4) is 0 Å². The molecule has 21 heavy (non-hydrogen) atoms. The molecule has 0 aliphatic carbocycles. The van der Waals surface area contributed by atoms with Crippen LogP contribution in [0.15, 0.2) is 0 Å². The van der Waals surface area contributed by atoms with E-state index in [4.69, 9.17) is 10.8 Å². The summed E-state index contributed by atoms with van der Waals surface area (Å²) in [5, 5.41) is 15.0. The van der Waals surface area contributed by atoms with Crippen LogP contribution in [0.2, 0.25) is 0 Å². The average Bonchev–Trinajstić information content (AvgIpc) is 2.43. The summed E-state index contributed by atoms with van der Waals surface area (Å²) in [7, 11) is 0. The lowest BCUT2D eigenvalue weighted by molar-refractivity contribution is -0.144. The highest BCUT2D eigenvalue weighted by Gasteiger charge is 2.40. The minimum atomic E-state index is -1.14. The monoisotopic (exact) mass is 299 g/mol. The third-order valence-electron chi connectivity index (χ3n) is 3.97. The summed E-state index contributed by atoms with van der Waals surface area (Å²) in [6, 6.07) is -1.07. The smallest absolute Gasteiger partial charge is 0.326 e. The zero-order valence-corrected chi connectivity index (χ0v) is 12.5. The molecule has 0 saturated carbocycles. The van der Waals surface area contributed by atoms with E-state index >= 15 is 0 Å². The van der Waals surface area contributed by atoms with E-state index in [-0.39, 0.29) is 18.7 Å². The number of nitrogens with two attached hydrogens (primary N) is 1. The van der Waals surface area contributed by atoms with Crippen LogP contribution in [-0.4, -0.2) is 42.0 Å². The summed E-state index contributed by atoms with van der Waals surface area (Å²) in [5.41, 5.74) is 4.49. The molecule has 0 aromatic carbocycles. The lowest BCUT2D eigenvalue weighted by Crippen LogP contribution is -2.54. The first-order valence-electron chi connectivity index (χ1n) is 7.44. The molecule has 2 amide bonds. The first-order valence-corrected chi connectivity index (χ1v) is 7.44. The number of rotatable bonds is 8. The van der Waals surface area contributed by atoms with E-state index in [0.29, 0.717) is 13.0 Å². The molecule has 7 heteroatoms. The van der Waals surface area contributed by atoms with Gasteiger partial charge in [0, 0.05) is 13.0 Å². The fourth-order valence-electron chi connectivity index (χ4n) is 2.82. The Kier molecular flexibility index (Phi) is 6.61. The molecule has 1 unspecified atom stereocenters. The van der Waals surface area contributed by atoms with Crippen molar-refractivity contribution in [1.29, 1.82) is 0 Å². The predicted octanol–water partition coefficient (Wildman–Crippen LogP) is -0.00880. The molecule has 1 rings (SSSR count). The Balaban J connectivity index is 2.72. The summed E-state index contributed by atoms with van der Waals surface area (Å²) < 4.78 is 0. The molecule has 0 spiro atoms. The van der Waals surface area contributed by atoms with E-state index < -0.39 is 23.3 Å². The minimum absolute atomic E-state index is 0.0199. The zero-order chi connectivity index (χ0) is 15.9. The summed E-state index contributed by atoms with van der Waals surface area (Å²) in [5.74, 6) is -1.95. The van der Waals surface area contributed by atoms with E-state index in [1.165, 1.54) is 0 Å². The minimum Gasteiger partial charge on any atom is -0.480 e. The zero-order valence-electron chi connectivity index (χ0n) is 12.5. The van der Waals surface area contributed by atoms with Crippen molar-refractivity contribution in [3.05, 3.63) is 0 Å². The SMILES string of the molecule is CCCC1(C(=O)N[C@@H](CCC(N)=O)C(=O)O)CCCNC1. The normalized spacial score (nSPS) is 23.3. The maximum absolute atomic E-state index is 12.5. The van der Waals surface area contributed by atoms with E-state index in [1.807, 2.05) is 6.92 Å². The van der Waals surface area contributed by atoms with E-state index in [1.54, 1.807) is 0 Å². The Morgan fingerprint density at radius 1 is 1.43 bits per heavy atom. The highest BCUT2D eigenvalue weighted by atomic mass is 16.4. The number of carbonyl (C=O) groups excluding carboxylic acids is 2. The number of nitrogens with one attached hydrogen (secondary N) is 2. The van der Waals surface area contributed by atoms with Gasteiger partial charge in [-0.1, -0.05) is 13.3 Å². The Bertz CT molecular complexity index is 386. The predicted molar refractivity (Wildman–Crippen MR) is 77.4 cm³/mol. The molecule has 1 fully saturated rings. The van der Waals surface area contributed by atoms with Crippen LogP contribution in [0.4, 0.5) is 0 Å². The molecular weight excluding hydrogens is 274 g/mol. The molecule has 1 saturated heterocycles. The molecule has 0 bridgehead atoms. The van der Waals surface area contributed by atoms with Gasteiger partial charge in [0.25, 0.3) is 0 Å². The Hall–Kier alpha value is -1.63. The fourth-order valence-corrected chi connectivity index (χ4v) is 2.82. The summed E-state index contributed by atoms with van der Waals surface area (Å²) >= 11 is 0. The molecule has 120 valence electrons. The van der Waals surface area contributed by atoms with Gasteiger partial charge in [-0.15, -0.1) is 0 Å². The van der Waals surface area contributed by atoms with Crippen molar-refractivity contribution in [3.63, 3.8) is 0 Å². The molecule has 0 radical (unpaired) electrons. The van der Waals surface area contributed by atoms with Gasteiger partial charge in [-0.25, -0.2) is 4.79 Å². The van der Waals surface area contributed by atoms with Gasteiger partial charge in [0.05, 0.1) is 5.41 Å². The second-order valence-electron chi connectivity index (χ2n) is 5.68. The quantitative estimate of drug-likeness (QED) is 0.502. The Labute approximate surface area is 124 Å². The van der Waals surface area contributed by atoms with Crippen molar-refractivity contribution >= 4 is 17.8 Å². The average molecular weight is 299 g/mol. The number of carbonyl (C=O) groups is 3. The fraction of sp³-hybridized carbons (Fsp3) is 0.786. The summed E-state index contributed by atoms with van der Waals surface area (Å²) in [4.78, 5) is 34.5. The number of piperidine rings is 1. The molecule has 2 atom stereocenters. The third-order valence-corrected chi connectivity index (χ3v) is 3.97. The second kappa shape index (κ2) is 7.97. The molecule has 7 nitrogen and oxygen atoms in total. The van der Waals surface area contributed by atoms with Crippen molar-refractivity contribution in [2.75, 3.05) is 13.1 Å². The van der Waals surface area contributed by atoms with Gasteiger partial charge in [-0.2, -0.15) is 0 Å². The van der Waals surface area contributed by atoms with Crippen LogP contribution in [-0.2, 0) is 14.4 Å². The van der Waals surface area contributed by atoms with Crippen molar-refractivity contribution in [2.45, 2.75) is 51.5 Å². The second-order valence-corrected chi connectivity index (χ2v) is 5.68. The molecule has 5 N–H and O–H groups in total. The van der Waals surface area contributed by atoms with Crippen molar-refractivity contribution in [2.24, 2.45) is 11.1 Å². The van der Waals surface area contributed by atoms with Gasteiger partial charge >= 0.3 is 5.97 Å². The van der Waals surface area contributed by atoms with Crippen LogP contribution in [0.25, 0.3) is 0 Å². The van der Waals surface area contributed by atoms with Gasteiger partial charge in [-0.05, 0) is 32.2 Å². The number of carboxylic acid groups (broad SMARTS) is 1. The summed E-state index contributed by atoms with van der Waals surface area (Å²) in [6.45, 7) is 3.45. The molecule has 1 heterocycles. The molecule has 1 aliphatic rings. The van der Waals surface area contributed by atoms with Gasteiger partial charge in [-0.3, -0.25) is 9.59 Å². The van der Waals surface area contributed by atoms with Gasteiger partial charge in [0.1, 0.15) is 6.04 Å². The maximum atomic E-state index is 12.5. The highest BCUT2D eigenvalue weighted by Crippen LogP contribution is 2.32. The van der Waals surface area contributed by atoms with Crippen LogP contribution >= 0.6 is 0 Å². The van der Waals surface area contributed by atoms with Crippen LogP contribution < -0.4 is 16.4 Å². The Morgan fingerprint density at radius 3 is 2.62 bits per heavy atom. The van der Waals surface area contributed by atoms with Crippen molar-refractivity contribution < 1.29 is 19.5 Å². The van der Waals surface area contributed by atoms with Gasteiger partial charge < -0.3 is 21.5 Å². The lowest BCUT2D eigenvalue weighted by atomic mass is 9.76. The maximum Gasteiger partial charge on any atom is 0.326 e. The van der Waals surface area contributed by atoms with Crippen LogP contribution in [0.1, 0.15) is 45.4 Å². The summed E-state index contributed by atoms with van der Waals surface area (Å²) in [6.07, 6.45) is 3.18. The lowest BCUT2D eigenvalue weighted by Gasteiger charge is -2.37. The van der Waals surface area contributed by atoms with E-state index in [0.717, 1.165) is 25.8 Å². The third kappa shape index (κ3) is 5.00.